The first kappa shape index (κ1) is 11.0. The van der Waals surface area contributed by atoms with Crippen molar-refractivity contribution in [3.05, 3.63) is 0 Å². The van der Waals surface area contributed by atoms with Gasteiger partial charge in [-0.25, -0.2) is 4.79 Å². The van der Waals surface area contributed by atoms with Gasteiger partial charge in [0.05, 0.1) is 0 Å². The fraction of sp³-hybridized carbons (Fsp3) is 0. The second-order valence-corrected chi connectivity index (χ2v) is 1.26. The van der Waals surface area contributed by atoms with E-state index in [1.807, 2.05) is 0 Å². The molecule has 0 aromatic heterocycles. The molecular formula is CH2N2NaO3S. The maximum absolute atomic E-state index is 9.47. The Labute approximate surface area is 69.2 Å². The molecule has 0 saturated carbocycles. The van der Waals surface area contributed by atoms with Gasteiger partial charge in [-0.2, -0.15) is 8.42 Å². The number of carbonyl (C=O) groups is 1. The number of nitrogens with zero attached hydrogens (tertiary/aromatic N) is 1. The normalized spacial score (nSPS) is 6.50. The summed E-state index contributed by atoms with van der Waals surface area (Å²) in [4.78, 5) is 9.47. The fourth-order valence-corrected chi connectivity index (χ4v) is 0.220. The molecule has 41 valence electrons. The van der Waals surface area contributed by atoms with Gasteiger partial charge in [0.25, 0.3) is 0 Å². The van der Waals surface area contributed by atoms with Gasteiger partial charge < -0.3 is 5.73 Å². The first-order valence-electron chi connectivity index (χ1n) is 1.23. The van der Waals surface area contributed by atoms with Crippen molar-refractivity contribution in [2.45, 2.75) is 0 Å². The van der Waals surface area contributed by atoms with E-state index in [9.17, 15) is 13.2 Å². The Hall–Kier alpha value is 0.0900. The standard InChI is InChI=1S/CH2N2O3S.Na/c2-1(4)3-7(5)6;/h(H2,2,4);. The van der Waals surface area contributed by atoms with Crippen LogP contribution in [0.15, 0.2) is 4.36 Å². The summed E-state index contributed by atoms with van der Waals surface area (Å²) in [6.45, 7) is 0. The summed E-state index contributed by atoms with van der Waals surface area (Å²) in [6.07, 6.45) is 0. The summed E-state index contributed by atoms with van der Waals surface area (Å²) in [5.41, 5.74) is 4.29. The summed E-state index contributed by atoms with van der Waals surface area (Å²) in [7, 11) is -2.70. The predicted octanol–water partition coefficient (Wildman–Crippen LogP) is -1.25. The average Bonchev–Trinajstić information content (AvgIpc) is 1.27. The van der Waals surface area contributed by atoms with Gasteiger partial charge in [-0.3, -0.25) is 0 Å². The molecule has 0 atom stereocenters. The Morgan fingerprint density at radius 1 is 1.50 bits per heavy atom. The zero-order chi connectivity index (χ0) is 5.86. The zero-order valence-electron chi connectivity index (χ0n) is 4.16. The summed E-state index contributed by atoms with van der Waals surface area (Å²) >= 11 is 0. The summed E-state index contributed by atoms with van der Waals surface area (Å²) in [6, 6.07) is -1.20. The van der Waals surface area contributed by atoms with Crippen molar-refractivity contribution in [3.8, 4) is 0 Å². The second-order valence-electron chi connectivity index (χ2n) is 0.647. The van der Waals surface area contributed by atoms with E-state index in [0.717, 1.165) is 0 Å². The average molecular weight is 145 g/mol. The first-order chi connectivity index (χ1) is 3.13. The number of amides is 2. The van der Waals surface area contributed by atoms with E-state index in [2.05, 4.69) is 10.1 Å². The molecule has 0 aromatic carbocycles. The van der Waals surface area contributed by atoms with Crippen LogP contribution in [-0.4, -0.2) is 44.0 Å². The van der Waals surface area contributed by atoms with Crippen LogP contribution in [0.1, 0.15) is 0 Å². The minimum atomic E-state index is -2.70. The van der Waals surface area contributed by atoms with E-state index in [-0.39, 0.29) is 29.6 Å². The third kappa shape index (κ3) is 9.43. The number of primary amides is 1. The van der Waals surface area contributed by atoms with Crippen LogP contribution in [0.25, 0.3) is 0 Å². The molecule has 0 rings (SSSR count). The SMILES string of the molecule is NC(=O)N=S(=O)=O.[Na]. The minimum Gasteiger partial charge on any atom is -0.349 e. The van der Waals surface area contributed by atoms with Crippen LogP contribution in [0.3, 0.4) is 0 Å². The van der Waals surface area contributed by atoms with Crippen LogP contribution in [0.2, 0.25) is 0 Å². The van der Waals surface area contributed by atoms with Gasteiger partial charge in [0.1, 0.15) is 0 Å². The third-order valence-electron chi connectivity index (χ3n) is 0.165. The van der Waals surface area contributed by atoms with Crippen LogP contribution in [-0.2, 0) is 10.5 Å². The smallest absolute Gasteiger partial charge is 0.349 e. The number of urea groups is 1. The quantitative estimate of drug-likeness (QED) is 0.431. The molecule has 0 aliphatic heterocycles. The van der Waals surface area contributed by atoms with Crippen molar-refractivity contribution in [3.63, 3.8) is 0 Å². The van der Waals surface area contributed by atoms with Crippen LogP contribution in [0, 0.1) is 0 Å². The number of nitrogens with two attached hydrogens (primary N) is 1. The molecule has 0 aliphatic rings. The molecule has 0 fully saturated rings. The maximum Gasteiger partial charge on any atom is 0.353 e. The van der Waals surface area contributed by atoms with Crippen molar-refractivity contribution in [2.24, 2.45) is 10.1 Å². The molecule has 0 heterocycles. The minimum absolute atomic E-state index is 0. The molecule has 0 aromatic rings. The van der Waals surface area contributed by atoms with E-state index in [1.165, 1.54) is 0 Å². The van der Waals surface area contributed by atoms with Gasteiger partial charge in [-0.05, 0) is 0 Å². The van der Waals surface area contributed by atoms with E-state index in [4.69, 9.17) is 0 Å². The largest absolute Gasteiger partial charge is 0.353 e. The first-order valence-corrected chi connectivity index (χ1v) is 2.26. The number of hydrogen-bond donors (Lipinski definition) is 1. The van der Waals surface area contributed by atoms with Crippen LogP contribution in [0.4, 0.5) is 4.79 Å². The van der Waals surface area contributed by atoms with Gasteiger partial charge in [-0.15, -0.1) is 0 Å². The molecule has 0 aliphatic carbocycles. The van der Waals surface area contributed by atoms with Crippen molar-refractivity contribution >= 4 is 46.1 Å². The molecule has 7 heteroatoms. The number of rotatable bonds is 0. The summed E-state index contributed by atoms with van der Waals surface area (Å²) < 4.78 is 21.0. The van der Waals surface area contributed by atoms with E-state index < -0.39 is 16.5 Å². The van der Waals surface area contributed by atoms with Crippen LogP contribution < -0.4 is 5.73 Å². The van der Waals surface area contributed by atoms with Gasteiger partial charge in [0.2, 0.25) is 0 Å². The summed E-state index contributed by atoms with van der Waals surface area (Å²) in [5, 5.41) is 0. The second kappa shape index (κ2) is 5.23. The zero-order valence-corrected chi connectivity index (χ0v) is 6.97. The van der Waals surface area contributed by atoms with Gasteiger partial charge in [0, 0.05) is 29.6 Å². The van der Waals surface area contributed by atoms with Gasteiger partial charge >= 0.3 is 16.5 Å². The Morgan fingerprint density at radius 3 is 1.88 bits per heavy atom. The third-order valence-corrected chi connectivity index (χ3v) is 0.494. The molecule has 2 amide bonds. The van der Waals surface area contributed by atoms with Crippen molar-refractivity contribution < 1.29 is 13.2 Å². The molecule has 2 N–H and O–H groups in total. The Bertz CT molecular complexity index is 185. The van der Waals surface area contributed by atoms with Crippen LogP contribution in [0.5, 0.6) is 0 Å². The van der Waals surface area contributed by atoms with Gasteiger partial charge in [-0.1, -0.05) is 4.36 Å². The molecule has 0 saturated heterocycles. The fourth-order valence-electron chi connectivity index (χ4n) is 0.0735. The molecule has 1 radical (unpaired) electrons. The monoisotopic (exact) mass is 145 g/mol. The van der Waals surface area contributed by atoms with Crippen molar-refractivity contribution in [2.75, 3.05) is 0 Å². The molecule has 8 heavy (non-hydrogen) atoms. The molecule has 5 nitrogen and oxygen atoms in total. The Kier molecular flexibility index (Phi) is 7.17. The maximum atomic E-state index is 9.47. The Balaban J connectivity index is 0. The van der Waals surface area contributed by atoms with E-state index in [0.29, 0.717) is 0 Å². The molecule has 0 spiro atoms. The van der Waals surface area contributed by atoms with Gasteiger partial charge in [0.15, 0.2) is 0 Å². The van der Waals surface area contributed by atoms with Crippen LogP contribution >= 0.6 is 0 Å². The van der Waals surface area contributed by atoms with Crippen molar-refractivity contribution in [1.29, 1.82) is 0 Å². The number of hydrogen-bond acceptors (Lipinski definition) is 3. The molecule has 0 unspecified atom stereocenters. The molecular weight excluding hydrogens is 143 g/mol. The van der Waals surface area contributed by atoms with E-state index in [1.54, 1.807) is 0 Å². The topological polar surface area (TPSA) is 89.6 Å². The summed E-state index contributed by atoms with van der Waals surface area (Å²) in [5.74, 6) is 0. The van der Waals surface area contributed by atoms with E-state index >= 15 is 0 Å². The number of carbonyl (C=O) groups excluding carboxylic acids is 1. The van der Waals surface area contributed by atoms with Crippen molar-refractivity contribution in [1.82, 2.24) is 0 Å². The predicted molar refractivity (Wildman–Crippen MR) is 26.7 cm³/mol. The molecule has 0 bridgehead atoms. The Morgan fingerprint density at radius 2 is 1.88 bits per heavy atom.